The summed E-state index contributed by atoms with van der Waals surface area (Å²) < 4.78 is 29.7. The molecule has 0 saturated heterocycles. The molecule has 0 fully saturated rings. The molecular weight excluding hydrogens is 170 g/mol. The molecule has 0 radical (unpaired) electrons. The number of hydrogen-bond acceptors (Lipinski definition) is 3. The molecule has 1 aromatic rings. The van der Waals surface area contributed by atoms with Crippen LogP contribution in [0.5, 0.6) is 5.75 Å². The van der Waals surface area contributed by atoms with Gasteiger partial charge in [0, 0.05) is 0 Å². The maximum Gasteiger partial charge on any atom is 0.320 e. The third-order valence-corrected chi connectivity index (χ3v) is 1.40. The van der Waals surface area contributed by atoms with E-state index in [0.717, 1.165) is 0 Å². The molecule has 0 amide bonds. The van der Waals surface area contributed by atoms with Gasteiger partial charge in [0.15, 0.2) is 0 Å². The largest absolute Gasteiger partial charge is 0.508 e. The first-order valence-electron chi connectivity index (χ1n) is 5.54. The maximum atomic E-state index is 10.6. The fourth-order valence-corrected chi connectivity index (χ4v) is 0.741. The Balaban J connectivity index is 3.30. The van der Waals surface area contributed by atoms with Gasteiger partial charge in [-0.1, -0.05) is 12.1 Å². The summed E-state index contributed by atoms with van der Waals surface area (Å²) in [6.07, 6.45) is -0.328. The van der Waals surface area contributed by atoms with Crippen LogP contribution in [0.25, 0.3) is 0 Å². The van der Waals surface area contributed by atoms with Crippen molar-refractivity contribution >= 4 is 5.97 Å². The summed E-state index contributed by atoms with van der Waals surface area (Å²) >= 11 is 0. The third kappa shape index (κ3) is 2.76. The molecule has 1 aromatic carbocycles. The Morgan fingerprint density at radius 3 is 2.54 bits per heavy atom. The van der Waals surface area contributed by atoms with Gasteiger partial charge in [0.1, 0.15) is 11.8 Å². The molecule has 0 aliphatic carbocycles. The quantitative estimate of drug-likeness (QED) is 0.634. The zero-order chi connectivity index (χ0) is 13.3. The molecule has 0 unspecified atom stereocenters. The van der Waals surface area contributed by atoms with Crippen molar-refractivity contribution in [1.82, 2.24) is 0 Å². The van der Waals surface area contributed by atoms with Gasteiger partial charge >= 0.3 is 5.97 Å². The highest BCUT2D eigenvalue weighted by atomic mass is 16.4. The topological polar surface area (TPSA) is 83.6 Å². The Morgan fingerprint density at radius 2 is 2.08 bits per heavy atom. The number of benzene rings is 1. The lowest BCUT2D eigenvalue weighted by atomic mass is 10.1. The number of aromatic hydroxyl groups is 1. The number of carboxylic acid groups (broad SMARTS) is 1. The summed E-state index contributed by atoms with van der Waals surface area (Å²) in [4.78, 5) is 10.6. The first-order chi connectivity index (χ1) is 7.77. The molecule has 0 aromatic heterocycles. The lowest BCUT2D eigenvalue weighted by molar-refractivity contribution is -0.138. The average Bonchev–Trinajstić information content (AvgIpc) is 2.29. The van der Waals surface area contributed by atoms with Crippen LogP contribution >= 0.6 is 0 Å². The maximum absolute atomic E-state index is 10.6. The van der Waals surface area contributed by atoms with E-state index in [1.165, 1.54) is 0 Å². The fraction of sp³-hybridized carbons (Fsp3) is 0.222. The van der Waals surface area contributed by atoms with E-state index >= 15 is 0 Å². The monoisotopic (exact) mass is 185 g/mol. The van der Waals surface area contributed by atoms with E-state index in [0.29, 0.717) is 0 Å². The molecule has 70 valence electrons. The van der Waals surface area contributed by atoms with Gasteiger partial charge in [-0.3, -0.25) is 4.79 Å². The van der Waals surface area contributed by atoms with E-state index in [4.69, 9.17) is 16.3 Å². The van der Waals surface area contributed by atoms with Gasteiger partial charge in [0.25, 0.3) is 0 Å². The number of nitrogens with two attached hydrogens (primary N) is 1. The molecule has 4 N–H and O–H groups in total. The van der Waals surface area contributed by atoms with Crippen LogP contribution in [0.1, 0.15) is 11.0 Å². The molecule has 0 heterocycles. The number of hydrogen-bond donors (Lipinski definition) is 3. The standard InChI is InChI=1S/C9H11NO3/c10-8(9(12)13)5-6-1-3-7(11)4-2-6/h1-4,8,11H,5,10H2,(H,12,13)/t8-/m1/s1/i1D,2D,3D,4D. The highest BCUT2D eigenvalue weighted by molar-refractivity contribution is 5.73. The summed E-state index contributed by atoms with van der Waals surface area (Å²) in [5.41, 5.74) is 5.16. The van der Waals surface area contributed by atoms with Crippen LogP contribution in [0.4, 0.5) is 0 Å². The highest BCUT2D eigenvalue weighted by Crippen LogP contribution is 2.10. The second-order valence-corrected chi connectivity index (χ2v) is 2.48. The second kappa shape index (κ2) is 3.91. The van der Waals surface area contributed by atoms with Crippen molar-refractivity contribution < 1.29 is 20.5 Å². The van der Waals surface area contributed by atoms with Crippen molar-refractivity contribution in [3.8, 4) is 5.75 Å². The minimum Gasteiger partial charge on any atom is -0.508 e. The van der Waals surface area contributed by atoms with Crippen molar-refractivity contribution in [2.24, 2.45) is 5.73 Å². The van der Waals surface area contributed by atoms with E-state index in [1.54, 1.807) is 0 Å². The van der Waals surface area contributed by atoms with Gasteiger partial charge in [-0.25, -0.2) is 0 Å². The molecule has 4 nitrogen and oxygen atoms in total. The predicted molar refractivity (Wildman–Crippen MR) is 47.4 cm³/mol. The van der Waals surface area contributed by atoms with Crippen molar-refractivity contribution in [1.29, 1.82) is 0 Å². The zero-order valence-electron chi connectivity index (χ0n) is 10.7. The second-order valence-electron chi connectivity index (χ2n) is 2.48. The van der Waals surface area contributed by atoms with Crippen LogP contribution in [0, 0.1) is 0 Å². The van der Waals surface area contributed by atoms with Crippen LogP contribution in [-0.2, 0) is 11.2 Å². The summed E-state index contributed by atoms with van der Waals surface area (Å²) in [6.45, 7) is 0. The smallest absolute Gasteiger partial charge is 0.320 e. The molecule has 1 atom stereocenters. The summed E-state index contributed by atoms with van der Waals surface area (Å²) in [5.74, 6) is -2.05. The summed E-state index contributed by atoms with van der Waals surface area (Å²) in [7, 11) is 0. The molecular formula is C9H11NO3. The third-order valence-electron chi connectivity index (χ3n) is 1.40. The molecule has 1 rings (SSSR count). The summed E-state index contributed by atoms with van der Waals surface area (Å²) in [5, 5.41) is 17.9. The molecule has 4 heteroatoms. The Kier molecular flexibility index (Phi) is 1.58. The first kappa shape index (κ1) is 5.24. The van der Waals surface area contributed by atoms with E-state index in [1.807, 2.05) is 0 Å². The summed E-state index contributed by atoms with van der Waals surface area (Å²) in [6, 6.07) is -3.45. The molecule has 13 heavy (non-hydrogen) atoms. The minimum atomic E-state index is -1.31. The van der Waals surface area contributed by atoms with Gasteiger partial charge in [0.05, 0.1) is 5.48 Å². The Hall–Kier alpha value is -1.55. The van der Waals surface area contributed by atoms with Gasteiger partial charge < -0.3 is 15.9 Å². The molecule has 0 saturated carbocycles. The van der Waals surface area contributed by atoms with Gasteiger partial charge in [-0.05, 0) is 24.1 Å². The number of rotatable bonds is 3. The number of phenols is 1. The molecule has 0 aliphatic rings. The lowest BCUT2D eigenvalue weighted by Gasteiger charge is -2.05. The van der Waals surface area contributed by atoms with Crippen LogP contribution in [-0.4, -0.2) is 22.2 Å². The van der Waals surface area contributed by atoms with Gasteiger partial charge in [-0.2, -0.15) is 0 Å². The first-order valence-corrected chi connectivity index (χ1v) is 3.54. The SMILES string of the molecule is [2H]c1c([2H])c(C[C@@H](N)C(=O)O)c([2H])c([2H])c1O. The van der Waals surface area contributed by atoms with Crippen molar-refractivity contribution in [2.75, 3.05) is 0 Å². The number of aliphatic carboxylic acids is 1. The minimum absolute atomic E-state index is 0.118. The fourth-order valence-electron chi connectivity index (χ4n) is 0.741. The Bertz CT molecular complexity index is 449. The Morgan fingerprint density at radius 1 is 1.54 bits per heavy atom. The van der Waals surface area contributed by atoms with Crippen molar-refractivity contribution in [3.05, 3.63) is 29.7 Å². The van der Waals surface area contributed by atoms with E-state index in [9.17, 15) is 9.90 Å². The number of carbonyl (C=O) groups is 1. The van der Waals surface area contributed by atoms with Crippen molar-refractivity contribution in [2.45, 2.75) is 12.5 Å². The molecule has 0 bridgehead atoms. The van der Waals surface area contributed by atoms with E-state index in [-0.39, 0.29) is 12.0 Å². The number of phenolic OH excluding ortho intramolecular Hbond substituents is 1. The lowest BCUT2D eigenvalue weighted by Crippen LogP contribution is -2.32. The normalized spacial score (nSPS) is 16.7. The van der Waals surface area contributed by atoms with Crippen molar-refractivity contribution in [3.63, 3.8) is 0 Å². The number of carboxylic acids is 1. The van der Waals surface area contributed by atoms with E-state index < -0.39 is 41.9 Å². The van der Waals surface area contributed by atoms with Crippen LogP contribution in [0.2, 0.25) is 0 Å². The average molecular weight is 185 g/mol. The zero-order valence-corrected chi connectivity index (χ0v) is 6.66. The van der Waals surface area contributed by atoms with Crippen LogP contribution in [0.3, 0.4) is 0 Å². The molecule has 0 aliphatic heterocycles. The highest BCUT2D eigenvalue weighted by Gasteiger charge is 2.11. The van der Waals surface area contributed by atoms with Crippen LogP contribution in [0.15, 0.2) is 24.2 Å². The van der Waals surface area contributed by atoms with Gasteiger partial charge in [0.2, 0.25) is 0 Å². The van der Waals surface area contributed by atoms with E-state index in [2.05, 4.69) is 0 Å². The molecule has 0 spiro atoms. The van der Waals surface area contributed by atoms with Gasteiger partial charge in [-0.15, -0.1) is 0 Å². The predicted octanol–water partition coefficient (Wildman–Crippen LogP) is 0.347. The Labute approximate surface area is 81.2 Å². The van der Waals surface area contributed by atoms with Crippen LogP contribution < -0.4 is 5.73 Å².